The minimum Gasteiger partial charge on any atom is -0.399 e. The molecule has 0 bridgehead atoms. The molecule has 1 aliphatic rings. The SMILES string of the molecule is Cc1c(N)cccc1CN(C)C1CCOC1C. The molecule has 0 saturated carbocycles. The van der Waals surface area contributed by atoms with E-state index in [2.05, 4.69) is 31.9 Å². The Balaban J connectivity index is 2.07. The molecule has 2 rings (SSSR count). The molecule has 3 heteroatoms. The van der Waals surface area contributed by atoms with Crippen LogP contribution in [0.15, 0.2) is 18.2 Å². The summed E-state index contributed by atoms with van der Waals surface area (Å²) in [5.74, 6) is 0. The molecule has 2 unspecified atom stereocenters. The van der Waals surface area contributed by atoms with Gasteiger partial charge in [0.1, 0.15) is 0 Å². The van der Waals surface area contributed by atoms with Gasteiger partial charge >= 0.3 is 0 Å². The van der Waals surface area contributed by atoms with Crippen molar-refractivity contribution in [1.82, 2.24) is 4.90 Å². The summed E-state index contributed by atoms with van der Waals surface area (Å²) in [6.07, 6.45) is 1.46. The van der Waals surface area contributed by atoms with Crippen molar-refractivity contribution >= 4 is 5.69 Å². The van der Waals surface area contributed by atoms with Crippen LogP contribution in [-0.2, 0) is 11.3 Å². The first kappa shape index (κ1) is 12.4. The Kier molecular flexibility index (Phi) is 3.69. The van der Waals surface area contributed by atoms with E-state index in [9.17, 15) is 0 Å². The molecule has 0 spiro atoms. The highest BCUT2D eigenvalue weighted by Crippen LogP contribution is 2.22. The molecule has 0 amide bonds. The standard InChI is InChI=1S/C14H22N2O/c1-10-12(5-4-6-13(10)15)9-16(3)14-7-8-17-11(14)2/h4-6,11,14H,7-9,15H2,1-3H3. The van der Waals surface area contributed by atoms with Gasteiger partial charge < -0.3 is 10.5 Å². The number of ether oxygens (including phenoxy) is 1. The fourth-order valence-electron chi connectivity index (χ4n) is 2.56. The number of rotatable bonds is 3. The van der Waals surface area contributed by atoms with Gasteiger partial charge in [0, 0.05) is 24.9 Å². The summed E-state index contributed by atoms with van der Waals surface area (Å²) in [5.41, 5.74) is 9.33. The number of anilines is 1. The van der Waals surface area contributed by atoms with Gasteiger partial charge in [0.05, 0.1) is 6.10 Å². The third kappa shape index (κ3) is 2.61. The van der Waals surface area contributed by atoms with Crippen LogP contribution in [0.5, 0.6) is 0 Å². The largest absolute Gasteiger partial charge is 0.399 e. The predicted molar refractivity (Wildman–Crippen MR) is 70.9 cm³/mol. The van der Waals surface area contributed by atoms with Crippen LogP contribution < -0.4 is 5.73 Å². The topological polar surface area (TPSA) is 38.5 Å². The van der Waals surface area contributed by atoms with Crippen LogP contribution in [0.4, 0.5) is 5.69 Å². The predicted octanol–water partition coefficient (Wildman–Crippen LogP) is 2.19. The molecule has 1 fully saturated rings. The third-order valence-corrected chi connectivity index (χ3v) is 3.81. The summed E-state index contributed by atoms with van der Waals surface area (Å²) in [6.45, 7) is 6.06. The molecular weight excluding hydrogens is 212 g/mol. The second kappa shape index (κ2) is 5.07. The maximum absolute atomic E-state index is 5.93. The van der Waals surface area contributed by atoms with E-state index in [1.165, 1.54) is 11.1 Å². The average Bonchev–Trinajstić information content (AvgIpc) is 2.71. The van der Waals surface area contributed by atoms with Gasteiger partial charge in [-0.2, -0.15) is 0 Å². The molecule has 3 nitrogen and oxygen atoms in total. The Morgan fingerprint density at radius 2 is 2.24 bits per heavy atom. The molecule has 1 aromatic carbocycles. The molecule has 94 valence electrons. The summed E-state index contributed by atoms with van der Waals surface area (Å²) in [7, 11) is 2.17. The number of hydrogen-bond donors (Lipinski definition) is 1. The second-order valence-electron chi connectivity index (χ2n) is 4.98. The van der Waals surface area contributed by atoms with E-state index >= 15 is 0 Å². The van der Waals surface area contributed by atoms with Gasteiger partial charge in [-0.1, -0.05) is 12.1 Å². The average molecular weight is 234 g/mol. The van der Waals surface area contributed by atoms with Crippen molar-refractivity contribution in [3.05, 3.63) is 29.3 Å². The van der Waals surface area contributed by atoms with Gasteiger partial charge in [-0.3, -0.25) is 4.90 Å². The maximum atomic E-state index is 5.93. The molecule has 17 heavy (non-hydrogen) atoms. The summed E-state index contributed by atoms with van der Waals surface area (Å²) < 4.78 is 5.61. The Labute approximate surface area is 104 Å². The van der Waals surface area contributed by atoms with E-state index in [4.69, 9.17) is 10.5 Å². The number of nitrogen functional groups attached to an aromatic ring is 1. The molecule has 2 atom stereocenters. The molecule has 2 N–H and O–H groups in total. The lowest BCUT2D eigenvalue weighted by molar-refractivity contribution is 0.0814. The van der Waals surface area contributed by atoms with Crippen LogP contribution in [0, 0.1) is 6.92 Å². The van der Waals surface area contributed by atoms with Crippen molar-refractivity contribution in [3.63, 3.8) is 0 Å². The van der Waals surface area contributed by atoms with Crippen LogP contribution in [0.3, 0.4) is 0 Å². The van der Waals surface area contributed by atoms with Crippen LogP contribution in [0.2, 0.25) is 0 Å². The molecule has 1 aromatic rings. The first-order valence-electron chi connectivity index (χ1n) is 6.25. The minimum atomic E-state index is 0.335. The van der Waals surface area contributed by atoms with Gasteiger partial charge in [-0.05, 0) is 44.5 Å². The lowest BCUT2D eigenvalue weighted by Crippen LogP contribution is -2.36. The van der Waals surface area contributed by atoms with Crippen LogP contribution in [0.25, 0.3) is 0 Å². The Bertz CT molecular complexity index is 392. The van der Waals surface area contributed by atoms with E-state index in [0.29, 0.717) is 12.1 Å². The molecular formula is C14H22N2O. The highest BCUT2D eigenvalue weighted by molar-refractivity contribution is 5.49. The zero-order valence-electron chi connectivity index (χ0n) is 10.9. The lowest BCUT2D eigenvalue weighted by atomic mass is 10.0. The van der Waals surface area contributed by atoms with Crippen molar-refractivity contribution in [3.8, 4) is 0 Å². The Hall–Kier alpha value is -1.06. The van der Waals surface area contributed by atoms with Gasteiger partial charge in [-0.25, -0.2) is 0 Å². The van der Waals surface area contributed by atoms with Crippen LogP contribution >= 0.6 is 0 Å². The van der Waals surface area contributed by atoms with Crippen molar-refractivity contribution < 1.29 is 4.74 Å². The summed E-state index contributed by atoms with van der Waals surface area (Å²) in [6, 6.07) is 6.67. The number of hydrogen-bond acceptors (Lipinski definition) is 3. The van der Waals surface area contributed by atoms with Crippen LogP contribution in [0.1, 0.15) is 24.5 Å². The van der Waals surface area contributed by atoms with E-state index < -0.39 is 0 Å². The van der Waals surface area contributed by atoms with Gasteiger partial charge in [0.15, 0.2) is 0 Å². The minimum absolute atomic E-state index is 0.335. The molecule has 0 aromatic heterocycles. The zero-order valence-corrected chi connectivity index (χ0v) is 10.9. The van der Waals surface area contributed by atoms with Crippen molar-refractivity contribution in [1.29, 1.82) is 0 Å². The summed E-state index contributed by atoms with van der Waals surface area (Å²) in [5, 5.41) is 0. The van der Waals surface area contributed by atoms with Gasteiger partial charge in [-0.15, -0.1) is 0 Å². The lowest BCUT2D eigenvalue weighted by Gasteiger charge is -2.27. The molecule has 1 heterocycles. The van der Waals surface area contributed by atoms with E-state index in [0.717, 1.165) is 25.3 Å². The number of benzene rings is 1. The van der Waals surface area contributed by atoms with E-state index in [1.54, 1.807) is 0 Å². The summed E-state index contributed by atoms with van der Waals surface area (Å²) in [4.78, 5) is 2.37. The Morgan fingerprint density at radius 1 is 1.47 bits per heavy atom. The normalized spacial score (nSPS) is 24.5. The number of likely N-dealkylation sites (N-methyl/N-ethyl adjacent to an activating group) is 1. The van der Waals surface area contributed by atoms with Gasteiger partial charge in [0.2, 0.25) is 0 Å². The van der Waals surface area contributed by atoms with Crippen molar-refractivity contribution in [2.45, 2.75) is 39.0 Å². The van der Waals surface area contributed by atoms with Crippen molar-refractivity contribution in [2.24, 2.45) is 0 Å². The molecule has 0 radical (unpaired) electrons. The monoisotopic (exact) mass is 234 g/mol. The van der Waals surface area contributed by atoms with Gasteiger partial charge in [0.25, 0.3) is 0 Å². The quantitative estimate of drug-likeness (QED) is 0.815. The number of nitrogens with two attached hydrogens (primary N) is 1. The molecule has 1 aliphatic heterocycles. The Morgan fingerprint density at radius 3 is 2.88 bits per heavy atom. The molecule has 0 aliphatic carbocycles. The summed E-state index contributed by atoms with van der Waals surface area (Å²) >= 11 is 0. The molecule has 1 saturated heterocycles. The van der Waals surface area contributed by atoms with E-state index in [-0.39, 0.29) is 0 Å². The van der Waals surface area contributed by atoms with Crippen LogP contribution in [-0.4, -0.2) is 30.7 Å². The maximum Gasteiger partial charge on any atom is 0.0703 e. The second-order valence-corrected chi connectivity index (χ2v) is 4.98. The first-order valence-corrected chi connectivity index (χ1v) is 6.25. The van der Waals surface area contributed by atoms with Crippen molar-refractivity contribution in [2.75, 3.05) is 19.4 Å². The third-order valence-electron chi connectivity index (χ3n) is 3.81. The highest BCUT2D eigenvalue weighted by atomic mass is 16.5. The fraction of sp³-hybridized carbons (Fsp3) is 0.571. The smallest absolute Gasteiger partial charge is 0.0703 e. The highest BCUT2D eigenvalue weighted by Gasteiger charge is 2.27. The van der Waals surface area contributed by atoms with E-state index in [1.807, 2.05) is 12.1 Å². The number of nitrogens with zero attached hydrogens (tertiary/aromatic N) is 1. The fourth-order valence-corrected chi connectivity index (χ4v) is 2.56. The first-order chi connectivity index (χ1) is 8.09. The zero-order chi connectivity index (χ0) is 12.4.